The third-order valence-electron chi connectivity index (χ3n) is 4.09. The molecular formula is C17H17F2N3O4. The van der Waals surface area contributed by atoms with Crippen LogP contribution in [0.2, 0.25) is 0 Å². The minimum Gasteiger partial charge on any atom is -0.494 e. The third-order valence-corrected chi connectivity index (χ3v) is 4.09. The van der Waals surface area contributed by atoms with Gasteiger partial charge in [-0.15, -0.1) is 0 Å². The molecule has 0 amide bonds. The van der Waals surface area contributed by atoms with Crippen molar-refractivity contribution in [3.63, 3.8) is 0 Å². The topological polar surface area (TPSA) is 74.6 Å². The number of methoxy groups -OCH3 is 1. The second kappa shape index (κ2) is 7.12. The van der Waals surface area contributed by atoms with E-state index in [1.54, 1.807) is 4.90 Å². The van der Waals surface area contributed by atoms with Crippen LogP contribution in [-0.2, 0) is 14.3 Å². The van der Waals surface area contributed by atoms with Crippen molar-refractivity contribution < 1.29 is 28.2 Å². The predicted molar refractivity (Wildman–Crippen MR) is 91.2 cm³/mol. The molecule has 0 saturated carbocycles. The summed E-state index contributed by atoms with van der Waals surface area (Å²) in [7, 11) is 1.32. The molecule has 3 rings (SSSR count). The van der Waals surface area contributed by atoms with Crippen molar-refractivity contribution in [2.45, 2.75) is 0 Å². The van der Waals surface area contributed by atoms with Crippen LogP contribution < -0.4 is 9.91 Å². The number of hydrogen-bond donors (Lipinski definition) is 1. The van der Waals surface area contributed by atoms with Gasteiger partial charge in [0.05, 0.1) is 32.2 Å². The van der Waals surface area contributed by atoms with E-state index in [0.29, 0.717) is 26.3 Å². The Bertz CT molecular complexity index is 816. The maximum Gasteiger partial charge on any atom is 0.357 e. The molecule has 9 heteroatoms. The summed E-state index contributed by atoms with van der Waals surface area (Å²) >= 11 is 0. The molecule has 1 N–H and O–H groups in total. The summed E-state index contributed by atoms with van der Waals surface area (Å²) in [6.07, 6.45) is 1.25. The molecule has 2 heterocycles. The van der Waals surface area contributed by atoms with Gasteiger partial charge in [0, 0.05) is 18.7 Å². The second-order valence-corrected chi connectivity index (χ2v) is 5.61. The average Bonchev–Trinajstić information content (AvgIpc) is 2.64. The summed E-state index contributed by atoms with van der Waals surface area (Å²) in [5.74, 6) is -3.43. The van der Waals surface area contributed by atoms with Crippen LogP contribution in [-0.4, -0.2) is 50.2 Å². The Kier molecular flexibility index (Phi) is 4.90. The number of anilines is 2. The maximum atomic E-state index is 14.7. The van der Waals surface area contributed by atoms with Gasteiger partial charge in [-0.2, -0.15) is 5.10 Å². The molecule has 138 valence electrons. The molecule has 2 aliphatic heterocycles. The zero-order valence-corrected chi connectivity index (χ0v) is 14.0. The van der Waals surface area contributed by atoms with Gasteiger partial charge in [-0.05, 0) is 12.1 Å². The average molecular weight is 365 g/mol. The highest BCUT2D eigenvalue weighted by atomic mass is 19.2. The van der Waals surface area contributed by atoms with Crippen LogP contribution in [0.4, 0.5) is 20.2 Å². The Labute approximate surface area is 148 Å². The Morgan fingerprint density at radius 1 is 1.27 bits per heavy atom. The SMILES string of the molecule is C=C1C(OC)=CN(c2ccc(N3CCOCC3)c(F)c2F)N=C1C(=O)O. The number of rotatable bonds is 4. The molecule has 1 fully saturated rings. The van der Waals surface area contributed by atoms with Crippen LogP contribution in [0.5, 0.6) is 0 Å². The molecule has 1 aromatic carbocycles. The Morgan fingerprint density at radius 2 is 1.88 bits per heavy atom. The zero-order valence-electron chi connectivity index (χ0n) is 14.0. The summed E-state index contributed by atoms with van der Waals surface area (Å²) in [5.41, 5.74) is -0.488. The molecule has 1 aromatic rings. The lowest BCUT2D eigenvalue weighted by Gasteiger charge is -2.30. The summed E-state index contributed by atoms with van der Waals surface area (Å²) in [6, 6.07) is 2.77. The maximum absolute atomic E-state index is 14.7. The first-order chi connectivity index (χ1) is 12.4. The van der Waals surface area contributed by atoms with E-state index in [1.165, 1.54) is 25.4 Å². The van der Waals surface area contributed by atoms with Crippen LogP contribution in [0.1, 0.15) is 0 Å². The minimum absolute atomic E-state index is 0.0436. The fourth-order valence-electron chi connectivity index (χ4n) is 2.73. The number of carboxylic acid groups (broad SMARTS) is 1. The van der Waals surface area contributed by atoms with Gasteiger partial charge in [-0.25, -0.2) is 18.6 Å². The molecule has 7 nitrogen and oxygen atoms in total. The number of ether oxygens (including phenoxy) is 2. The fourth-order valence-corrected chi connectivity index (χ4v) is 2.73. The van der Waals surface area contributed by atoms with E-state index in [4.69, 9.17) is 9.47 Å². The molecule has 0 radical (unpaired) electrons. The molecule has 0 unspecified atom stereocenters. The normalized spacial score (nSPS) is 17.7. The predicted octanol–water partition coefficient (Wildman–Crippen LogP) is 2.11. The first-order valence-corrected chi connectivity index (χ1v) is 7.81. The van der Waals surface area contributed by atoms with Crippen molar-refractivity contribution >= 4 is 23.1 Å². The van der Waals surface area contributed by atoms with Crippen molar-refractivity contribution in [1.82, 2.24) is 0 Å². The van der Waals surface area contributed by atoms with Crippen LogP contribution in [0.3, 0.4) is 0 Å². The standard InChI is InChI=1S/C17H17F2N3O4/c1-10-13(25-2)9-22(20-16(10)17(23)24)12-4-3-11(14(18)15(12)19)21-5-7-26-8-6-21/h3-4,9H,1,5-8H2,2H3,(H,23,24). The van der Waals surface area contributed by atoms with Gasteiger partial charge in [0.25, 0.3) is 0 Å². The lowest BCUT2D eigenvalue weighted by atomic mass is 10.1. The van der Waals surface area contributed by atoms with Gasteiger partial charge >= 0.3 is 5.97 Å². The molecule has 0 atom stereocenters. The first-order valence-electron chi connectivity index (χ1n) is 7.81. The molecule has 0 spiro atoms. The number of morpholine rings is 1. The number of carboxylic acids is 1. The molecule has 0 aromatic heterocycles. The van der Waals surface area contributed by atoms with E-state index < -0.39 is 23.3 Å². The van der Waals surface area contributed by atoms with Gasteiger partial charge < -0.3 is 19.5 Å². The Hall–Kier alpha value is -2.94. The highest BCUT2D eigenvalue weighted by molar-refractivity contribution is 6.43. The van der Waals surface area contributed by atoms with Gasteiger partial charge in [0.1, 0.15) is 11.4 Å². The number of aliphatic carboxylic acids is 1. The highest BCUT2D eigenvalue weighted by Crippen LogP contribution is 2.32. The van der Waals surface area contributed by atoms with Gasteiger partial charge in [0.15, 0.2) is 17.3 Å². The number of benzene rings is 1. The summed E-state index contributed by atoms with van der Waals surface area (Å²) in [5, 5.41) is 14.0. The molecule has 1 saturated heterocycles. The van der Waals surface area contributed by atoms with E-state index in [2.05, 4.69) is 11.7 Å². The van der Waals surface area contributed by atoms with Crippen molar-refractivity contribution in [2.75, 3.05) is 43.3 Å². The minimum atomic E-state index is -1.35. The fraction of sp³-hybridized carbons (Fsp3) is 0.294. The Morgan fingerprint density at radius 3 is 2.50 bits per heavy atom. The number of allylic oxidation sites excluding steroid dienone is 1. The van der Waals surface area contributed by atoms with E-state index in [9.17, 15) is 18.7 Å². The van der Waals surface area contributed by atoms with Crippen LogP contribution in [0.25, 0.3) is 0 Å². The Balaban J connectivity index is 2.00. The molecule has 0 aliphatic carbocycles. The van der Waals surface area contributed by atoms with E-state index in [0.717, 1.165) is 5.01 Å². The lowest BCUT2D eigenvalue weighted by molar-refractivity contribution is -0.129. The van der Waals surface area contributed by atoms with Crippen molar-refractivity contribution in [1.29, 1.82) is 0 Å². The van der Waals surface area contributed by atoms with Gasteiger partial charge in [-0.1, -0.05) is 6.58 Å². The van der Waals surface area contributed by atoms with Crippen molar-refractivity contribution in [2.24, 2.45) is 5.10 Å². The molecule has 2 aliphatic rings. The quantitative estimate of drug-likeness (QED) is 0.881. The summed E-state index contributed by atoms with van der Waals surface area (Å²) in [4.78, 5) is 13.0. The van der Waals surface area contributed by atoms with Crippen molar-refractivity contribution in [3.8, 4) is 0 Å². The zero-order chi connectivity index (χ0) is 18.8. The molecule has 26 heavy (non-hydrogen) atoms. The first kappa shape index (κ1) is 17.9. The number of carbonyl (C=O) groups is 1. The van der Waals surface area contributed by atoms with E-state index in [1.807, 2.05) is 0 Å². The monoisotopic (exact) mass is 365 g/mol. The highest BCUT2D eigenvalue weighted by Gasteiger charge is 2.28. The van der Waals surface area contributed by atoms with Crippen LogP contribution >= 0.6 is 0 Å². The summed E-state index contributed by atoms with van der Waals surface area (Å²) in [6.45, 7) is 5.37. The number of hydrogen-bond acceptors (Lipinski definition) is 6. The lowest BCUT2D eigenvalue weighted by Crippen LogP contribution is -2.37. The second-order valence-electron chi connectivity index (χ2n) is 5.61. The molecular weight excluding hydrogens is 348 g/mol. The largest absolute Gasteiger partial charge is 0.494 e. The smallest absolute Gasteiger partial charge is 0.357 e. The third kappa shape index (κ3) is 3.13. The van der Waals surface area contributed by atoms with Crippen molar-refractivity contribution in [3.05, 3.63) is 47.9 Å². The molecule has 0 bridgehead atoms. The summed E-state index contributed by atoms with van der Waals surface area (Å²) < 4.78 is 39.5. The van der Waals surface area contributed by atoms with E-state index in [-0.39, 0.29) is 22.7 Å². The number of hydrazone groups is 1. The van der Waals surface area contributed by atoms with Gasteiger partial charge in [-0.3, -0.25) is 0 Å². The van der Waals surface area contributed by atoms with E-state index >= 15 is 0 Å². The van der Waals surface area contributed by atoms with Crippen LogP contribution in [0, 0.1) is 11.6 Å². The van der Waals surface area contributed by atoms with Gasteiger partial charge in [0.2, 0.25) is 0 Å². The number of halogens is 2. The van der Waals surface area contributed by atoms with Crippen LogP contribution in [0.15, 0.2) is 41.3 Å². The number of nitrogens with zero attached hydrogens (tertiary/aromatic N) is 3.